The predicted octanol–water partition coefficient (Wildman–Crippen LogP) is 2.29. The van der Waals surface area contributed by atoms with E-state index in [2.05, 4.69) is 31.7 Å². The highest BCUT2D eigenvalue weighted by molar-refractivity contribution is 6.06. The van der Waals surface area contributed by atoms with Crippen molar-refractivity contribution in [1.29, 1.82) is 0 Å². The van der Waals surface area contributed by atoms with Crippen LogP contribution in [-0.2, 0) is 13.1 Å². The number of carbonyl (C=O) groups excluding carboxylic acids is 1. The third-order valence-corrected chi connectivity index (χ3v) is 6.03. The Bertz CT molecular complexity index is 1020. The summed E-state index contributed by atoms with van der Waals surface area (Å²) in [7, 11) is 2.17. The highest BCUT2D eigenvalue weighted by Crippen LogP contribution is 2.28. The highest BCUT2D eigenvalue weighted by atomic mass is 16.2. The maximum atomic E-state index is 13.2. The third-order valence-electron chi connectivity index (χ3n) is 6.03. The van der Waals surface area contributed by atoms with E-state index in [9.17, 15) is 4.79 Å². The van der Waals surface area contributed by atoms with E-state index in [-0.39, 0.29) is 5.91 Å². The largest absolute Gasteiger partial charge is 0.329 e. The topological polar surface area (TPSA) is 67.2 Å². The van der Waals surface area contributed by atoms with E-state index in [1.54, 1.807) is 6.20 Å². The Balaban J connectivity index is 1.38. The zero-order valence-corrected chi connectivity index (χ0v) is 16.1. The Labute approximate surface area is 164 Å². The van der Waals surface area contributed by atoms with Crippen LogP contribution in [0.25, 0.3) is 10.9 Å². The van der Waals surface area contributed by atoms with Crippen molar-refractivity contribution in [2.24, 2.45) is 0 Å². The first-order valence-electron chi connectivity index (χ1n) is 9.94. The van der Waals surface area contributed by atoms with Crippen LogP contribution < -0.4 is 0 Å². The summed E-state index contributed by atoms with van der Waals surface area (Å²) in [4.78, 5) is 21.8. The lowest BCUT2D eigenvalue weighted by molar-refractivity contribution is 0.0707. The number of amides is 1. The summed E-state index contributed by atoms with van der Waals surface area (Å²) < 4.78 is 2.24. The number of rotatable bonds is 2. The van der Waals surface area contributed by atoms with Gasteiger partial charge >= 0.3 is 0 Å². The van der Waals surface area contributed by atoms with Crippen LogP contribution in [0, 0.1) is 0 Å². The van der Waals surface area contributed by atoms with Crippen LogP contribution in [0.5, 0.6) is 0 Å². The van der Waals surface area contributed by atoms with Crippen LogP contribution in [0.4, 0.5) is 0 Å². The number of pyridine rings is 1. The van der Waals surface area contributed by atoms with E-state index in [0.29, 0.717) is 24.6 Å². The van der Waals surface area contributed by atoms with E-state index >= 15 is 0 Å². The zero-order chi connectivity index (χ0) is 19.1. The number of piperidine rings is 1. The van der Waals surface area contributed by atoms with Gasteiger partial charge in [-0.15, -0.1) is 10.2 Å². The smallest absolute Gasteiger partial charge is 0.255 e. The first-order chi connectivity index (χ1) is 13.7. The average molecular weight is 376 g/mol. The number of carbonyl (C=O) groups is 1. The quantitative estimate of drug-likeness (QED) is 0.687. The van der Waals surface area contributed by atoms with Crippen molar-refractivity contribution in [3.8, 4) is 0 Å². The van der Waals surface area contributed by atoms with Crippen LogP contribution in [0.15, 0.2) is 36.5 Å². The first kappa shape index (κ1) is 17.3. The van der Waals surface area contributed by atoms with Gasteiger partial charge in [-0.05, 0) is 51.2 Å². The molecular formula is C21H24N6O. The molecule has 0 aliphatic carbocycles. The van der Waals surface area contributed by atoms with Gasteiger partial charge in [0.2, 0.25) is 0 Å². The van der Waals surface area contributed by atoms with E-state index in [0.717, 1.165) is 55.0 Å². The van der Waals surface area contributed by atoms with Crippen molar-refractivity contribution in [2.45, 2.75) is 31.8 Å². The second-order valence-electron chi connectivity index (χ2n) is 7.81. The summed E-state index contributed by atoms with van der Waals surface area (Å²) in [5.41, 5.74) is 1.55. The minimum atomic E-state index is 0.0358. The Kier molecular flexibility index (Phi) is 4.31. The molecule has 1 aromatic carbocycles. The summed E-state index contributed by atoms with van der Waals surface area (Å²) in [5, 5.41) is 9.84. The van der Waals surface area contributed by atoms with Gasteiger partial charge in [-0.25, -0.2) is 0 Å². The Morgan fingerprint density at radius 3 is 2.75 bits per heavy atom. The molecule has 0 radical (unpaired) electrons. The maximum absolute atomic E-state index is 13.2. The summed E-state index contributed by atoms with van der Waals surface area (Å²) in [6.07, 6.45) is 4.01. The Hall–Kier alpha value is -2.80. The minimum absolute atomic E-state index is 0.0358. The molecule has 2 aliphatic heterocycles. The summed E-state index contributed by atoms with van der Waals surface area (Å²) in [6, 6.07) is 9.55. The second-order valence-corrected chi connectivity index (χ2v) is 7.81. The standard InChI is InChI=1S/C21H24N6O/c1-25-10-7-15(8-11-25)20-24-23-19-14-26(12-13-27(19)20)21(28)17-4-2-6-18-16(17)5-3-9-22-18/h2-6,9,15H,7-8,10-14H2,1H3. The second kappa shape index (κ2) is 6.98. The van der Waals surface area contributed by atoms with Crippen LogP contribution in [-0.4, -0.2) is 62.1 Å². The van der Waals surface area contributed by atoms with Crippen LogP contribution >= 0.6 is 0 Å². The number of aromatic nitrogens is 4. The van der Waals surface area contributed by atoms with Crippen molar-refractivity contribution >= 4 is 16.8 Å². The summed E-state index contributed by atoms with van der Waals surface area (Å²) in [5.74, 6) is 2.51. The predicted molar refractivity (Wildman–Crippen MR) is 106 cm³/mol. The lowest BCUT2D eigenvalue weighted by Crippen LogP contribution is -2.39. The molecule has 4 heterocycles. The summed E-state index contributed by atoms with van der Waals surface area (Å²) >= 11 is 0. The Morgan fingerprint density at radius 1 is 1.04 bits per heavy atom. The lowest BCUT2D eigenvalue weighted by atomic mass is 9.96. The molecule has 7 nitrogen and oxygen atoms in total. The molecule has 1 fully saturated rings. The molecule has 7 heteroatoms. The lowest BCUT2D eigenvalue weighted by Gasteiger charge is -2.31. The van der Waals surface area contributed by atoms with Gasteiger partial charge in [-0.2, -0.15) is 0 Å². The third kappa shape index (κ3) is 2.96. The fourth-order valence-electron chi connectivity index (χ4n) is 4.38. The number of likely N-dealkylation sites (tertiary alicyclic amines) is 1. The fraction of sp³-hybridized carbons (Fsp3) is 0.429. The van der Waals surface area contributed by atoms with Gasteiger partial charge in [0, 0.05) is 36.2 Å². The van der Waals surface area contributed by atoms with E-state index in [1.807, 2.05) is 35.2 Å². The van der Waals surface area contributed by atoms with Gasteiger partial charge in [-0.1, -0.05) is 12.1 Å². The van der Waals surface area contributed by atoms with E-state index < -0.39 is 0 Å². The van der Waals surface area contributed by atoms with Crippen LogP contribution in [0.3, 0.4) is 0 Å². The van der Waals surface area contributed by atoms with Gasteiger partial charge in [0.1, 0.15) is 5.82 Å². The van der Waals surface area contributed by atoms with E-state index in [4.69, 9.17) is 0 Å². The number of nitrogens with zero attached hydrogens (tertiary/aromatic N) is 6. The fourth-order valence-corrected chi connectivity index (χ4v) is 4.38. The Morgan fingerprint density at radius 2 is 1.89 bits per heavy atom. The number of hydrogen-bond donors (Lipinski definition) is 0. The van der Waals surface area contributed by atoms with Crippen LogP contribution in [0.1, 0.15) is 40.8 Å². The van der Waals surface area contributed by atoms with Crippen molar-refractivity contribution in [3.63, 3.8) is 0 Å². The highest BCUT2D eigenvalue weighted by Gasteiger charge is 2.30. The van der Waals surface area contributed by atoms with Crippen molar-refractivity contribution in [1.82, 2.24) is 29.5 Å². The first-order valence-corrected chi connectivity index (χ1v) is 9.94. The molecule has 0 saturated carbocycles. The molecule has 0 unspecified atom stereocenters. The molecule has 2 aromatic heterocycles. The number of fused-ring (bicyclic) bond motifs is 2. The van der Waals surface area contributed by atoms with Gasteiger partial charge < -0.3 is 14.4 Å². The van der Waals surface area contributed by atoms with Crippen molar-refractivity contribution in [3.05, 3.63) is 53.7 Å². The molecule has 144 valence electrons. The van der Waals surface area contributed by atoms with Gasteiger partial charge in [0.25, 0.3) is 5.91 Å². The molecule has 0 spiro atoms. The normalized spacial score (nSPS) is 18.4. The molecule has 1 saturated heterocycles. The minimum Gasteiger partial charge on any atom is -0.329 e. The molecule has 3 aromatic rings. The van der Waals surface area contributed by atoms with E-state index in [1.165, 1.54) is 0 Å². The molecule has 0 atom stereocenters. The van der Waals surface area contributed by atoms with Gasteiger partial charge in [0.15, 0.2) is 5.82 Å². The van der Waals surface area contributed by atoms with Gasteiger partial charge in [0.05, 0.1) is 12.1 Å². The monoisotopic (exact) mass is 376 g/mol. The average Bonchev–Trinajstić information content (AvgIpc) is 3.16. The number of benzene rings is 1. The SMILES string of the molecule is CN1CCC(c2nnc3n2CCN(C(=O)c2cccc4ncccc24)C3)CC1. The van der Waals surface area contributed by atoms with Crippen molar-refractivity contribution < 1.29 is 4.79 Å². The molecule has 1 amide bonds. The molecule has 0 N–H and O–H groups in total. The van der Waals surface area contributed by atoms with Gasteiger partial charge in [-0.3, -0.25) is 9.78 Å². The molecule has 28 heavy (non-hydrogen) atoms. The maximum Gasteiger partial charge on any atom is 0.255 e. The van der Waals surface area contributed by atoms with Crippen molar-refractivity contribution in [2.75, 3.05) is 26.7 Å². The molecular weight excluding hydrogens is 352 g/mol. The van der Waals surface area contributed by atoms with Crippen LogP contribution in [0.2, 0.25) is 0 Å². The molecule has 0 bridgehead atoms. The number of hydrogen-bond acceptors (Lipinski definition) is 5. The molecule has 2 aliphatic rings. The zero-order valence-electron chi connectivity index (χ0n) is 16.1. The molecule has 5 rings (SSSR count). The summed E-state index contributed by atoms with van der Waals surface area (Å²) in [6.45, 7) is 4.16.